The average Bonchev–Trinajstić information content (AvgIpc) is 2.92. The summed E-state index contributed by atoms with van der Waals surface area (Å²) in [6, 6.07) is 51.3. The van der Waals surface area contributed by atoms with Crippen molar-refractivity contribution in [2.45, 2.75) is 48.5 Å². The first kappa shape index (κ1) is 34.8. The zero-order valence-corrected chi connectivity index (χ0v) is 24.8. The second kappa shape index (κ2) is 24.1. The van der Waals surface area contributed by atoms with Crippen LogP contribution in [0.5, 0.6) is 0 Å². The second-order valence-electron chi connectivity index (χ2n) is 9.18. The van der Waals surface area contributed by atoms with Crippen LogP contribution in [0.3, 0.4) is 0 Å². The molecular formula is C38H46O. The molecule has 0 N–H and O–H groups in total. The summed E-state index contributed by atoms with van der Waals surface area (Å²) in [5, 5.41) is 0. The fraction of sp³-hybridized carbons (Fsp3) is 0.184. The van der Waals surface area contributed by atoms with Crippen molar-refractivity contribution >= 4 is 5.78 Å². The maximum atomic E-state index is 9.44. The van der Waals surface area contributed by atoms with Gasteiger partial charge in [-0.05, 0) is 48.5 Å². The number of ketones is 1. The SMILES string of the molecule is CC(C)=O.Cc1ccccc1.Cc1ccccc1.Cc1ccccc1.Cc1ccccc1.Cc1ccccc1. The average molecular weight is 519 g/mol. The van der Waals surface area contributed by atoms with E-state index < -0.39 is 0 Å². The van der Waals surface area contributed by atoms with Gasteiger partial charge in [0.2, 0.25) is 0 Å². The van der Waals surface area contributed by atoms with E-state index in [0.29, 0.717) is 0 Å². The summed E-state index contributed by atoms with van der Waals surface area (Å²) in [5.74, 6) is 0.167. The molecule has 0 saturated heterocycles. The molecule has 5 aromatic rings. The van der Waals surface area contributed by atoms with Crippen LogP contribution >= 0.6 is 0 Å². The predicted molar refractivity (Wildman–Crippen MR) is 172 cm³/mol. The molecule has 0 unspecified atom stereocenters. The van der Waals surface area contributed by atoms with Crippen molar-refractivity contribution in [1.82, 2.24) is 0 Å². The lowest BCUT2D eigenvalue weighted by Gasteiger charge is -1.82. The number of carbonyl (C=O) groups is 1. The van der Waals surface area contributed by atoms with Crippen LogP contribution in [0.4, 0.5) is 0 Å². The lowest BCUT2D eigenvalue weighted by Crippen LogP contribution is -1.69. The maximum Gasteiger partial charge on any atom is 0.126 e. The van der Waals surface area contributed by atoms with E-state index in [0.717, 1.165) is 0 Å². The standard InChI is InChI=1S/5C7H8.C3H6O/c5*1-7-5-3-2-4-6-7;1-3(2)4/h5*2-6H,1H3;1-2H3. The van der Waals surface area contributed by atoms with E-state index in [-0.39, 0.29) is 5.78 Å². The van der Waals surface area contributed by atoms with Crippen LogP contribution in [0, 0.1) is 34.6 Å². The van der Waals surface area contributed by atoms with Crippen LogP contribution in [0.1, 0.15) is 41.7 Å². The number of aryl methyl sites for hydroxylation is 5. The third kappa shape index (κ3) is 26.6. The first-order valence-electron chi connectivity index (χ1n) is 13.3. The summed E-state index contributed by atoms with van der Waals surface area (Å²) in [6.07, 6.45) is 0. The van der Waals surface area contributed by atoms with Gasteiger partial charge in [0.05, 0.1) is 0 Å². The molecule has 5 aromatic carbocycles. The van der Waals surface area contributed by atoms with E-state index in [1.807, 2.05) is 91.0 Å². The molecule has 0 aliphatic heterocycles. The molecular weight excluding hydrogens is 472 g/mol. The molecule has 204 valence electrons. The van der Waals surface area contributed by atoms with Gasteiger partial charge in [-0.1, -0.05) is 179 Å². The Kier molecular flexibility index (Phi) is 21.5. The number of carbonyl (C=O) groups excluding carboxylic acids is 1. The highest BCUT2D eigenvalue weighted by molar-refractivity contribution is 5.72. The Labute approximate surface area is 238 Å². The Hall–Kier alpha value is -4.23. The number of Topliss-reactive ketones (excluding diaryl/α,β-unsaturated/α-hetero) is 1. The number of rotatable bonds is 0. The minimum atomic E-state index is 0.167. The summed E-state index contributed by atoms with van der Waals surface area (Å²) in [5.41, 5.74) is 6.61. The summed E-state index contributed by atoms with van der Waals surface area (Å²) in [6.45, 7) is 13.5. The Balaban J connectivity index is 0.000000448. The van der Waals surface area contributed by atoms with Gasteiger partial charge in [-0.25, -0.2) is 0 Å². The monoisotopic (exact) mass is 518 g/mol. The molecule has 1 heteroatoms. The van der Waals surface area contributed by atoms with Crippen LogP contribution in [0.2, 0.25) is 0 Å². The number of hydrogen-bond acceptors (Lipinski definition) is 1. The van der Waals surface area contributed by atoms with E-state index in [2.05, 4.69) is 95.3 Å². The summed E-state index contributed by atoms with van der Waals surface area (Å²) >= 11 is 0. The van der Waals surface area contributed by atoms with Gasteiger partial charge in [-0.3, -0.25) is 0 Å². The van der Waals surface area contributed by atoms with Crippen LogP contribution < -0.4 is 0 Å². The molecule has 39 heavy (non-hydrogen) atoms. The van der Waals surface area contributed by atoms with Crippen molar-refractivity contribution in [1.29, 1.82) is 0 Å². The normalized spacial score (nSPS) is 8.49. The largest absolute Gasteiger partial charge is 0.300 e. The summed E-state index contributed by atoms with van der Waals surface area (Å²) in [4.78, 5) is 9.44. The van der Waals surface area contributed by atoms with Gasteiger partial charge >= 0.3 is 0 Å². The molecule has 0 fully saturated rings. The van der Waals surface area contributed by atoms with Crippen LogP contribution in [-0.2, 0) is 4.79 Å². The van der Waals surface area contributed by atoms with E-state index >= 15 is 0 Å². The Morgan fingerprint density at radius 1 is 0.308 bits per heavy atom. The van der Waals surface area contributed by atoms with Crippen molar-refractivity contribution in [3.8, 4) is 0 Å². The highest BCUT2D eigenvalue weighted by Gasteiger charge is 1.74. The van der Waals surface area contributed by atoms with Crippen LogP contribution in [0.25, 0.3) is 0 Å². The molecule has 0 amide bonds. The molecule has 0 aromatic heterocycles. The Bertz CT molecular complexity index is 963. The van der Waals surface area contributed by atoms with E-state index in [1.165, 1.54) is 41.7 Å². The Morgan fingerprint density at radius 3 is 0.462 bits per heavy atom. The third-order valence-corrected chi connectivity index (χ3v) is 4.70. The highest BCUT2D eigenvalue weighted by Crippen LogP contribution is 1.94. The fourth-order valence-electron chi connectivity index (χ4n) is 2.67. The number of hydrogen-bond donors (Lipinski definition) is 0. The van der Waals surface area contributed by atoms with Crippen molar-refractivity contribution < 1.29 is 4.79 Å². The van der Waals surface area contributed by atoms with Crippen molar-refractivity contribution in [2.24, 2.45) is 0 Å². The van der Waals surface area contributed by atoms with Gasteiger partial charge in [0.15, 0.2) is 0 Å². The molecule has 0 aliphatic carbocycles. The zero-order chi connectivity index (χ0) is 29.1. The number of benzene rings is 5. The topological polar surface area (TPSA) is 17.1 Å². The Morgan fingerprint density at radius 2 is 0.410 bits per heavy atom. The third-order valence-electron chi connectivity index (χ3n) is 4.70. The molecule has 1 nitrogen and oxygen atoms in total. The molecule has 0 aliphatic rings. The van der Waals surface area contributed by atoms with Gasteiger partial charge in [0.25, 0.3) is 0 Å². The van der Waals surface area contributed by atoms with Gasteiger partial charge in [0, 0.05) is 0 Å². The summed E-state index contributed by atoms with van der Waals surface area (Å²) in [7, 11) is 0. The van der Waals surface area contributed by atoms with Crippen molar-refractivity contribution in [3.63, 3.8) is 0 Å². The molecule has 0 bridgehead atoms. The van der Waals surface area contributed by atoms with E-state index in [9.17, 15) is 4.79 Å². The lowest BCUT2D eigenvalue weighted by molar-refractivity contribution is -0.114. The highest BCUT2D eigenvalue weighted by atomic mass is 16.1. The first-order chi connectivity index (χ1) is 18.7. The molecule has 0 spiro atoms. The zero-order valence-electron chi connectivity index (χ0n) is 24.8. The molecule has 0 heterocycles. The van der Waals surface area contributed by atoms with Crippen LogP contribution in [-0.4, -0.2) is 5.78 Å². The van der Waals surface area contributed by atoms with Crippen molar-refractivity contribution in [3.05, 3.63) is 179 Å². The van der Waals surface area contributed by atoms with E-state index in [1.54, 1.807) is 0 Å². The minimum absolute atomic E-state index is 0.167. The smallest absolute Gasteiger partial charge is 0.126 e. The van der Waals surface area contributed by atoms with Gasteiger partial charge in [0.1, 0.15) is 5.78 Å². The lowest BCUT2D eigenvalue weighted by atomic mass is 10.2. The summed E-state index contributed by atoms with van der Waals surface area (Å²) < 4.78 is 0. The van der Waals surface area contributed by atoms with Gasteiger partial charge in [-0.15, -0.1) is 0 Å². The van der Waals surface area contributed by atoms with Gasteiger partial charge in [-0.2, -0.15) is 0 Å². The quantitative estimate of drug-likeness (QED) is 0.199. The minimum Gasteiger partial charge on any atom is -0.300 e. The maximum absolute atomic E-state index is 9.44. The molecule has 0 saturated carbocycles. The predicted octanol–water partition coefficient (Wildman–Crippen LogP) is 10.6. The fourth-order valence-corrected chi connectivity index (χ4v) is 2.67. The first-order valence-corrected chi connectivity index (χ1v) is 13.3. The van der Waals surface area contributed by atoms with Crippen LogP contribution in [0.15, 0.2) is 152 Å². The van der Waals surface area contributed by atoms with E-state index in [4.69, 9.17) is 0 Å². The molecule has 5 rings (SSSR count). The molecule has 0 atom stereocenters. The van der Waals surface area contributed by atoms with Gasteiger partial charge < -0.3 is 4.79 Å². The molecule has 0 radical (unpaired) electrons. The second-order valence-corrected chi connectivity index (χ2v) is 9.18. The van der Waals surface area contributed by atoms with Crippen molar-refractivity contribution in [2.75, 3.05) is 0 Å².